The molecule has 1 heterocycles. The van der Waals surface area contributed by atoms with Crippen LogP contribution in [0.25, 0.3) is 0 Å². The first-order chi connectivity index (χ1) is 5.20. The molecular weight excluding hydrogens is 146 g/mol. The summed E-state index contributed by atoms with van der Waals surface area (Å²) in [7, 11) is 0. The second-order valence-electron chi connectivity index (χ2n) is 3.06. The SMILES string of the molecule is O=CN1CCCC(O)(CO)C1. The minimum Gasteiger partial charge on any atom is -0.393 e. The third kappa shape index (κ3) is 1.91. The van der Waals surface area contributed by atoms with E-state index in [1.165, 1.54) is 4.90 Å². The van der Waals surface area contributed by atoms with Gasteiger partial charge in [0.1, 0.15) is 5.60 Å². The predicted octanol–water partition coefficient (Wildman–Crippen LogP) is -1.04. The number of aliphatic hydroxyl groups excluding tert-OH is 1. The summed E-state index contributed by atoms with van der Waals surface area (Å²) in [5, 5.41) is 18.3. The summed E-state index contributed by atoms with van der Waals surface area (Å²) in [6.07, 6.45) is 2.05. The fourth-order valence-electron chi connectivity index (χ4n) is 1.37. The molecule has 0 saturated carbocycles. The van der Waals surface area contributed by atoms with Gasteiger partial charge in [0.2, 0.25) is 6.41 Å². The van der Waals surface area contributed by atoms with E-state index in [1.807, 2.05) is 0 Å². The van der Waals surface area contributed by atoms with Crippen molar-refractivity contribution in [1.29, 1.82) is 0 Å². The van der Waals surface area contributed by atoms with Crippen LogP contribution in [0, 0.1) is 0 Å². The highest BCUT2D eigenvalue weighted by atomic mass is 16.3. The lowest BCUT2D eigenvalue weighted by molar-refractivity contribution is -0.127. The lowest BCUT2D eigenvalue weighted by Gasteiger charge is -2.35. The highest BCUT2D eigenvalue weighted by molar-refractivity contribution is 5.47. The molecule has 0 aromatic rings. The number of piperidine rings is 1. The third-order valence-corrected chi connectivity index (χ3v) is 2.03. The lowest BCUT2D eigenvalue weighted by atomic mass is 9.94. The highest BCUT2D eigenvalue weighted by Crippen LogP contribution is 2.18. The van der Waals surface area contributed by atoms with Crippen LogP contribution in [0.2, 0.25) is 0 Å². The van der Waals surface area contributed by atoms with Gasteiger partial charge in [0.25, 0.3) is 0 Å². The summed E-state index contributed by atoms with van der Waals surface area (Å²) in [5.74, 6) is 0. The van der Waals surface area contributed by atoms with E-state index >= 15 is 0 Å². The Morgan fingerprint density at radius 2 is 2.36 bits per heavy atom. The zero-order valence-corrected chi connectivity index (χ0v) is 6.36. The first-order valence-corrected chi connectivity index (χ1v) is 3.73. The number of hydrogen-bond donors (Lipinski definition) is 2. The number of β-amino-alcohol motifs (C(OH)–C–C–N with tert-alkyl or cyclic N) is 1. The molecule has 4 nitrogen and oxygen atoms in total. The fraction of sp³-hybridized carbons (Fsp3) is 0.857. The molecule has 0 aromatic heterocycles. The largest absolute Gasteiger partial charge is 0.393 e. The molecule has 4 heteroatoms. The van der Waals surface area contributed by atoms with Gasteiger partial charge in [-0.05, 0) is 12.8 Å². The molecule has 64 valence electrons. The van der Waals surface area contributed by atoms with Crippen LogP contribution >= 0.6 is 0 Å². The number of nitrogens with zero attached hydrogens (tertiary/aromatic N) is 1. The summed E-state index contributed by atoms with van der Waals surface area (Å²) in [6, 6.07) is 0. The van der Waals surface area contributed by atoms with Gasteiger partial charge >= 0.3 is 0 Å². The van der Waals surface area contributed by atoms with Crippen molar-refractivity contribution in [2.24, 2.45) is 0 Å². The molecule has 0 bridgehead atoms. The van der Waals surface area contributed by atoms with Gasteiger partial charge in [0.05, 0.1) is 13.2 Å². The van der Waals surface area contributed by atoms with Gasteiger partial charge in [0.15, 0.2) is 0 Å². The predicted molar refractivity (Wildman–Crippen MR) is 38.9 cm³/mol. The van der Waals surface area contributed by atoms with Crippen LogP contribution < -0.4 is 0 Å². The summed E-state index contributed by atoms with van der Waals surface area (Å²) in [6.45, 7) is 0.677. The number of likely N-dealkylation sites (tertiary alicyclic amines) is 1. The second-order valence-corrected chi connectivity index (χ2v) is 3.06. The normalized spacial score (nSPS) is 32.0. The van der Waals surface area contributed by atoms with Crippen molar-refractivity contribution in [3.63, 3.8) is 0 Å². The Hall–Kier alpha value is -0.610. The van der Waals surface area contributed by atoms with E-state index in [-0.39, 0.29) is 13.2 Å². The van der Waals surface area contributed by atoms with E-state index in [1.54, 1.807) is 0 Å². The number of rotatable bonds is 2. The maximum atomic E-state index is 10.3. The minimum absolute atomic E-state index is 0.257. The Morgan fingerprint density at radius 1 is 1.64 bits per heavy atom. The molecule has 1 saturated heterocycles. The van der Waals surface area contributed by atoms with Gasteiger partial charge in [-0.3, -0.25) is 4.79 Å². The van der Waals surface area contributed by atoms with Gasteiger partial charge < -0.3 is 15.1 Å². The van der Waals surface area contributed by atoms with Crippen LogP contribution in [0.5, 0.6) is 0 Å². The van der Waals surface area contributed by atoms with E-state index in [9.17, 15) is 9.90 Å². The minimum atomic E-state index is -1.06. The molecule has 1 aliphatic heterocycles. The van der Waals surface area contributed by atoms with Gasteiger partial charge in [-0.25, -0.2) is 0 Å². The average molecular weight is 159 g/mol. The molecule has 11 heavy (non-hydrogen) atoms. The van der Waals surface area contributed by atoms with Crippen molar-refractivity contribution in [1.82, 2.24) is 4.90 Å². The molecular formula is C7H13NO3. The number of carbonyl (C=O) groups is 1. The van der Waals surface area contributed by atoms with Crippen LogP contribution in [-0.2, 0) is 4.79 Å². The Bertz CT molecular complexity index is 151. The van der Waals surface area contributed by atoms with Crippen molar-refractivity contribution in [2.75, 3.05) is 19.7 Å². The van der Waals surface area contributed by atoms with Crippen molar-refractivity contribution in [3.8, 4) is 0 Å². The van der Waals surface area contributed by atoms with E-state index < -0.39 is 5.60 Å². The van der Waals surface area contributed by atoms with E-state index in [4.69, 9.17) is 5.11 Å². The zero-order chi connectivity index (χ0) is 8.32. The van der Waals surface area contributed by atoms with E-state index in [0.29, 0.717) is 19.4 Å². The van der Waals surface area contributed by atoms with Crippen LogP contribution in [0.4, 0.5) is 0 Å². The maximum Gasteiger partial charge on any atom is 0.209 e. The summed E-state index contributed by atoms with van der Waals surface area (Å²) in [4.78, 5) is 11.8. The molecule has 2 N–H and O–H groups in total. The van der Waals surface area contributed by atoms with Gasteiger partial charge in [-0.15, -0.1) is 0 Å². The monoisotopic (exact) mass is 159 g/mol. The number of amides is 1. The standard InChI is InChI=1S/C7H13NO3/c9-5-7(11)2-1-3-8(4-7)6-10/h6,9,11H,1-5H2. The van der Waals surface area contributed by atoms with Gasteiger partial charge in [-0.2, -0.15) is 0 Å². The van der Waals surface area contributed by atoms with Crippen molar-refractivity contribution >= 4 is 6.41 Å². The molecule has 0 aromatic carbocycles. The average Bonchev–Trinajstić information content (AvgIpc) is 2.05. The summed E-state index contributed by atoms with van der Waals surface area (Å²) >= 11 is 0. The van der Waals surface area contributed by atoms with Crippen LogP contribution in [0.3, 0.4) is 0 Å². The quantitative estimate of drug-likeness (QED) is 0.506. The van der Waals surface area contributed by atoms with Crippen molar-refractivity contribution < 1.29 is 15.0 Å². The fourth-order valence-corrected chi connectivity index (χ4v) is 1.37. The Balaban J connectivity index is 2.51. The van der Waals surface area contributed by atoms with Gasteiger partial charge in [0, 0.05) is 6.54 Å². The molecule has 0 aliphatic carbocycles. The molecule has 1 amide bonds. The van der Waals surface area contributed by atoms with Gasteiger partial charge in [-0.1, -0.05) is 0 Å². The molecule has 1 rings (SSSR count). The van der Waals surface area contributed by atoms with Crippen molar-refractivity contribution in [3.05, 3.63) is 0 Å². The third-order valence-electron chi connectivity index (χ3n) is 2.03. The Morgan fingerprint density at radius 3 is 2.91 bits per heavy atom. The molecule has 1 atom stereocenters. The van der Waals surface area contributed by atoms with Crippen LogP contribution in [0.1, 0.15) is 12.8 Å². The lowest BCUT2D eigenvalue weighted by Crippen LogP contribution is -2.49. The van der Waals surface area contributed by atoms with Crippen LogP contribution in [-0.4, -0.2) is 46.8 Å². The topological polar surface area (TPSA) is 60.8 Å². The Labute approximate surface area is 65.4 Å². The summed E-state index contributed by atoms with van der Waals surface area (Å²) < 4.78 is 0. The van der Waals surface area contributed by atoms with Crippen LogP contribution in [0.15, 0.2) is 0 Å². The number of aliphatic hydroxyl groups is 2. The van der Waals surface area contributed by atoms with E-state index in [0.717, 1.165) is 6.42 Å². The van der Waals surface area contributed by atoms with Crippen molar-refractivity contribution in [2.45, 2.75) is 18.4 Å². The molecule has 1 unspecified atom stereocenters. The molecule has 0 radical (unpaired) electrons. The molecule has 1 aliphatic rings. The maximum absolute atomic E-state index is 10.3. The smallest absolute Gasteiger partial charge is 0.209 e. The number of hydrogen-bond acceptors (Lipinski definition) is 3. The molecule has 1 fully saturated rings. The number of carbonyl (C=O) groups excluding carboxylic acids is 1. The highest BCUT2D eigenvalue weighted by Gasteiger charge is 2.31. The van der Waals surface area contributed by atoms with E-state index in [2.05, 4.69) is 0 Å². The second kappa shape index (κ2) is 3.19. The summed E-state index contributed by atoms with van der Waals surface area (Å²) in [5.41, 5.74) is -1.06. The zero-order valence-electron chi connectivity index (χ0n) is 6.36. The Kier molecular flexibility index (Phi) is 2.46. The molecule has 0 spiro atoms. The first-order valence-electron chi connectivity index (χ1n) is 3.73. The first kappa shape index (κ1) is 8.49.